The summed E-state index contributed by atoms with van der Waals surface area (Å²) in [5, 5.41) is 4.44. The average molecular weight is 390 g/mol. The van der Waals surface area contributed by atoms with Crippen LogP contribution in [0.2, 0.25) is 0 Å². The van der Waals surface area contributed by atoms with Gasteiger partial charge in [-0.1, -0.05) is 30.3 Å². The molecular weight excluding hydrogens is 364 g/mol. The first-order valence-corrected chi connectivity index (χ1v) is 10.6. The quantitative estimate of drug-likeness (QED) is 0.684. The smallest absolute Gasteiger partial charge is 0.254 e. The van der Waals surface area contributed by atoms with Gasteiger partial charge in [-0.2, -0.15) is 14.6 Å². The van der Waals surface area contributed by atoms with Gasteiger partial charge in [-0.15, -0.1) is 0 Å². The highest BCUT2D eigenvalue weighted by Gasteiger charge is 2.27. The first-order valence-electron chi connectivity index (χ1n) is 10.6. The minimum atomic E-state index is 0.246. The van der Waals surface area contributed by atoms with Crippen molar-refractivity contribution in [1.29, 1.82) is 0 Å². The Hall–Kier alpha value is -2.96. The van der Waals surface area contributed by atoms with Crippen LogP contribution in [-0.4, -0.2) is 56.6 Å². The maximum Gasteiger partial charge on any atom is 0.254 e. The fourth-order valence-corrected chi connectivity index (χ4v) is 4.51. The molecule has 0 saturated carbocycles. The summed E-state index contributed by atoms with van der Waals surface area (Å²) in [6, 6.07) is 10.2. The lowest BCUT2D eigenvalue weighted by Gasteiger charge is -2.37. The van der Waals surface area contributed by atoms with E-state index in [0.717, 1.165) is 51.3 Å². The highest BCUT2D eigenvalue weighted by atomic mass is 16.2. The fourth-order valence-electron chi connectivity index (χ4n) is 4.51. The van der Waals surface area contributed by atoms with Gasteiger partial charge >= 0.3 is 0 Å². The van der Waals surface area contributed by atoms with Crippen LogP contribution in [0.1, 0.15) is 36.1 Å². The first-order chi connectivity index (χ1) is 14.3. The molecule has 1 aromatic carbocycles. The van der Waals surface area contributed by atoms with Crippen molar-refractivity contribution >= 4 is 17.5 Å². The monoisotopic (exact) mass is 390 g/mol. The average Bonchev–Trinajstić information content (AvgIpc) is 3.24. The molecule has 0 atom stereocenters. The molecular formula is C22H26N6O. The molecule has 1 fully saturated rings. The molecule has 5 rings (SSSR count). The van der Waals surface area contributed by atoms with Gasteiger partial charge in [0.25, 0.3) is 5.78 Å². The second-order valence-electron chi connectivity index (χ2n) is 7.89. The van der Waals surface area contributed by atoms with Gasteiger partial charge in [0, 0.05) is 38.2 Å². The van der Waals surface area contributed by atoms with Crippen molar-refractivity contribution in [2.45, 2.75) is 38.5 Å². The molecule has 3 aromatic rings. The summed E-state index contributed by atoms with van der Waals surface area (Å²) < 4.78 is 1.89. The van der Waals surface area contributed by atoms with E-state index >= 15 is 0 Å². The Kier molecular flexibility index (Phi) is 4.87. The summed E-state index contributed by atoms with van der Waals surface area (Å²) in [6.45, 7) is 3.15. The number of carbonyl (C=O) groups is 1. The third-order valence-corrected chi connectivity index (χ3v) is 6.08. The molecule has 1 amide bonds. The number of piperazine rings is 1. The highest BCUT2D eigenvalue weighted by Crippen LogP contribution is 2.30. The van der Waals surface area contributed by atoms with Gasteiger partial charge in [0.15, 0.2) is 0 Å². The molecule has 0 N–H and O–H groups in total. The molecule has 0 spiro atoms. The Labute approximate surface area is 170 Å². The SMILES string of the molecule is O=C(CCc1ccccc1)N1CCN(c2c3c(nc4ncnn24)CCCC3)CC1. The molecule has 1 aliphatic carbocycles. The number of hydrogen-bond acceptors (Lipinski definition) is 5. The Balaban J connectivity index is 1.28. The van der Waals surface area contributed by atoms with Gasteiger partial charge in [0.2, 0.25) is 5.91 Å². The predicted molar refractivity (Wildman–Crippen MR) is 111 cm³/mol. The van der Waals surface area contributed by atoms with Crippen molar-refractivity contribution in [3.8, 4) is 0 Å². The molecule has 7 nitrogen and oxygen atoms in total. The number of anilines is 1. The Morgan fingerprint density at radius 3 is 2.62 bits per heavy atom. The van der Waals surface area contributed by atoms with Gasteiger partial charge in [-0.25, -0.2) is 4.98 Å². The molecule has 1 saturated heterocycles. The van der Waals surface area contributed by atoms with Gasteiger partial charge in [-0.05, 0) is 37.7 Å². The van der Waals surface area contributed by atoms with E-state index in [0.29, 0.717) is 12.2 Å². The summed E-state index contributed by atoms with van der Waals surface area (Å²) in [4.78, 5) is 26.1. The van der Waals surface area contributed by atoms with Crippen LogP contribution in [0.25, 0.3) is 5.78 Å². The number of hydrogen-bond donors (Lipinski definition) is 0. The molecule has 2 aromatic heterocycles. The van der Waals surface area contributed by atoms with E-state index in [1.54, 1.807) is 6.33 Å². The van der Waals surface area contributed by atoms with E-state index < -0.39 is 0 Å². The maximum atomic E-state index is 12.7. The standard InChI is InChI=1S/C22H26N6O/c29-20(11-10-17-6-2-1-3-7-17)26-12-14-27(15-13-26)21-18-8-4-5-9-19(18)25-22-23-16-24-28(21)22/h1-3,6-7,16H,4-5,8-15H2. The zero-order valence-corrected chi connectivity index (χ0v) is 16.6. The predicted octanol–water partition coefficient (Wildman–Crippen LogP) is 2.28. The van der Waals surface area contributed by atoms with E-state index in [1.165, 1.54) is 29.7 Å². The molecule has 0 bridgehead atoms. The molecule has 29 heavy (non-hydrogen) atoms. The Morgan fingerprint density at radius 1 is 1.00 bits per heavy atom. The largest absolute Gasteiger partial charge is 0.353 e. The lowest BCUT2D eigenvalue weighted by atomic mass is 9.96. The van der Waals surface area contributed by atoms with E-state index in [4.69, 9.17) is 4.98 Å². The number of nitrogens with zero attached hydrogens (tertiary/aromatic N) is 6. The number of carbonyl (C=O) groups excluding carboxylic acids is 1. The van der Waals surface area contributed by atoms with Crippen molar-refractivity contribution in [3.05, 3.63) is 53.5 Å². The topological polar surface area (TPSA) is 66.6 Å². The zero-order valence-electron chi connectivity index (χ0n) is 16.6. The normalized spacial score (nSPS) is 16.8. The van der Waals surface area contributed by atoms with Gasteiger partial charge in [0.1, 0.15) is 12.1 Å². The van der Waals surface area contributed by atoms with E-state index in [2.05, 4.69) is 27.1 Å². The van der Waals surface area contributed by atoms with Crippen LogP contribution < -0.4 is 4.90 Å². The number of aryl methyl sites for hydroxylation is 2. The van der Waals surface area contributed by atoms with Crippen LogP contribution in [-0.2, 0) is 24.1 Å². The third kappa shape index (κ3) is 3.57. The van der Waals surface area contributed by atoms with Crippen LogP contribution in [0.3, 0.4) is 0 Å². The van der Waals surface area contributed by atoms with Crippen molar-refractivity contribution in [3.63, 3.8) is 0 Å². The summed E-state index contributed by atoms with van der Waals surface area (Å²) in [6.07, 6.45) is 7.40. The van der Waals surface area contributed by atoms with Crippen LogP contribution in [0.15, 0.2) is 36.7 Å². The maximum absolute atomic E-state index is 12.7. The number of amides is 1. The highest BCUT2D eigenvalue weighted by molar-refractivity contribution is 5.76. The van der Waals surface area contributed by atoms with Crippen LogP contribution in [0, 0.1) is 0 Å². The van der Waals surface area contributed by atoms with E-state index in [9.17, 15) is 4.79 Å². The summed E-state index contributed by atoms with van der Waals surface area (Å²) >= 11 is 0. The molecule has 150 valence electrons. The minimum absolute atomic E-state index is 0.246. The number of benzene rings is 1. The molecule has 2 aliphatic rings. The van der Waals surface area contributed by atoms with E-state index in [1.807, 2.05) is 27.6 Å². The second-order valence-corrected chi connectivity index (χ2v) is 7.89. The Bertz CT molecular complexity index is 1010. The van der Waals surface area contributed by atoms with Gasteiger partial charge in [-0.3, -0.25) is 4.79 Å². The summed E-state index contributed by atoms with van der Waals surface area (Å²) in [7, 11) is 0. The van der Waals surface area contributed by atoms with E-state index in [-0.39, 0.29) is 5.91 Å². The fraction of sp³-hybridized carbons (Fsp3) is 0.455. The van der Waals surface area contributed by atoms with Gasteiger partial charge in [0.05, 0.1) is 5.69 Å². The van der Waals surface area contributed by atoms with Crippen LogP contribution in [0.5, 0.6) is 0 Å². The molecule has 0 unspecified atom stereocenters. The molecule has 3 heterocycles. The molecule has 1 aliphatic heterocycles. The second kappa shape index (κ2) is 7.81. The van der Waals surface area contributed by atoms with Crippen LogP contribution >= 0.6 is 0 Å². The summed E-state index contributed by atoms with van der Waals surface area (Å²) in [5.41, 5.74) is 3.71. The van der Waals surface area contributed by atoms with Crippen molar-refractivity contribution < 1.29 is 4.79 Å². The van der Waals surface area contributed by atoms with Crippen molar-refractivity contribution in [2.24, 2.45) is 0 Å². The van der Waals surface area contributed by atoms with Gasteiger partial charge < -0.3 is 9.80 Å². The minimum Gasteiger partial charge on any atom is -0.353 e. The van der Waals surface area contributed by atoms with Crippen molar-refractivity contribution in [1.82, 2.24) is 24.5 Å². The number of fused-ring (bicyclic) bond motifs is 2. The molecule has 7 heteroatoms. The number of aromatic nitrogens is 4. The Morgan fingerprint density at radius 2 is 1.79 bits per heavy atom. The lowest BCUT2D eigenvalue weighted by Crippen LogP contribution is -2.49. The summed E-state index contributed by atoms with van der Waals surface area (Å²) in [5.74, 6) is 2.07. The van der Waals surface area contributed by atoms with Crippen LogP contribution in [0.4, 0.5) is 5.82 Å². The number of rotatable bonds is 4. The zero-order chi connectivity index (χ0) is 19.6. The van der Waals surface area contributed by atoms with Crippen molar-refractivity contribution in [2.75, 3.05) is 31.1 Å². The lowest BCUT2D eigenvalue weighted by molar-refractivity contribution is -0.131. The molecule has 0 radical (unpaired) electrons. The third-order valence-electron chi connectivity index (χ3n) is 6.08. The first kappa shape index (κ1) is 18.1.